The third-order valence-corrected chi connectivity index (χ3v) is 4.44. The van der Waals surface area contributed by atoms with Crippen LogP contribution in [0.5, 0.6) is 0 Å². The Balaban J connectivity index is 1.63. The van der Waals surface area contributed by atoms with E-state index in [4.69, 9.17) is 16.3 Å². The summed E-state index contributed by atoms with van der Waals surface area (Å²) in [6.07, 6.45) is 3.66. The minimum Gasteiger partial charge on any atom is -0.364 e. The number of anilines is 1. The summed E-state index contributed by atoms with van der Waals surface area (Å²) in [6, 6.07) is 7.45. The molecule has 1 aromatic carbocycles. The Morgan fingerprint density at radius 2 is 2.24 bits per heavy atom. The van der Waals surface area contributed by atoms with E-state index >= 15 is 0 Å². The highest BCUT2D eigenvalue weighted by Crippen LogP contribution is 2.28. The van der Waals surface area contributed by atoms with E-state index in [-0.39, 0.29) is 6.23 Å². The van der Waals surface area contributed by atoms with Crippen molar-refractivity contribution in [1.29, 1.82) is 0 Å². The fourth-order valence-corrected chi connectivity index (χ4v) is 3.21. The minimum atomic E-state index is -0.793. The quantitative estimate of drug-likeness (QED) is 0.713. The second-order valence-electron chi connectivity index (χ2n) is 5.97. The molecule has 0 amide bonds. The number of halogens is 2. The number of aromatic nitrogens is 4. The number of nitrogens with one attached hydrogen (secondary N) is 1. The summed E-state index contributed by atoms with van der Waals surface area (Å²) >= 11 is 5.99. The molecule has 1 N–H and O–H groups in total. The van der Waals surface area contributed by atoms with Gasteiger partial charge in [-0.1, -0.05) is 23.7 Å². The Hall–Kier alpha value is -2.25. The smallest absolute Gasteiger partial charge is 0.312 e. The average molecular weight is 362 g/mol. The van der Waals surface area contributed by atoms with Crippen molar-refractivity contribution in [2.75, 3.05) is 11.9 Å². The number of benzene rings is 1. The van der Waals surface area contributed by atoms with Crippen molar-refractivity contribution in [3.63, 3.8) is 0 Å². The van der Waals surface area contributed by atoms with Crippen LogP contribution < -0.4 is 5.32 Å². The van der Waals surface area contributed by atoms with Gasteiger partial charge in [-0.25, -0.2) is 4.98 Å². The summed E-state index contributed by atoms with van der Waals surface area (Å²) in [5.74, 6) is 0.358. The maximum atomic E-state index is 13.9. The van der Waals surface area contributed by atoms with Crippen molar-refractivity contribution >= 4 is 28.6 Å². The molecule has 25 heavy (non-hydrogen) atoms. The SMILES string of the molecule is Fc1nc(NCc2cccc(Cl)c2)c2ncn(C3CCCCO3)c2n1. The maximum absolute atomic E-state index is 13.9. The second kappa shape index (κ2) is 6.93. The lowest BCUT2D eigenvalue weighted by Crippen LogP contribution is -2.18. The first-order valence-electron chi connectivity index (χ1n) is 8.21. The van der Waals surface area contributed by atoms with Gasteiger partial charge in [-0.2, -0.15) is 14.4 Å². The fraction of sp³-hybridized carbons (Fsp3) is 0.353. The largest absolute Gasteiger partial charge is 0.364 e. The molecule has 0 aliphatic carbocycles. The van der Waals surface area contributed by atoms with E-state index in [1.54, 1.807) is 17.0 Å². The lowest BCUT2D eigenvalue weighted by molar-refractivity contribution is -0.0298. The predicted molar refractivity (Wildman–Crippen MR) is 92.9 cm³/mol. The summed E-state index contributed by atoms with van der Waals surface area (Å²) in [5.41, 5.74) is 1.93. The summed E-state index contributed by atoms with van der Waals surface area (Å²) in [6.45, 7) is 1.15. The molecule has 2 aromatic heterocycles. The first-order valence-corrected chi connectivity index (χ1v) is 8.58. The minimum absolute atomic E-state index is 0.158. The van der Waals surface area contributed by atoms with Gasteiger partial charge in [-0.05, 0) is 37.0 Å². The van der Waals surface area contributed by atoms with E-state index in [9.17, 15) is 4.39 Å². The Morgan fingerprint density at radius 1 is 1.32 bits per heavy atom. The van der Waals surface area contributed by atoms with Crippen molar-refractivity contribution in [2.24, 2.45) is 0 Å². The molecule has 6 nitrogen and oxygen atoms in total. The van der Waals surface area contributed by atoms with Crippen LogP contribution in [0.25, 0.3) is 11.2 Å². The highest BCUT2D eigenvalue weighted by atomic mass is 35.5. The molecular weight excluding hydrogens is 345 g/mol. The Labute approximate surface area is 149 Å². The molecule has 0 radical (unpaired) electrons. The van der Waals surface area contributed by atoms with Gasteiger partial charge in [0.15, 0.2) is 17.0 Å². The topological polar surface area (TPSA) is 64.9 Å². The predicted octanol–water partition coefficient (Wildman–Crippen LogP) is 3.93. The fourth-order valence-electron chi connectivity index (χ4n) is 3.00. The van der Waals surface area contributed by atoms with Crippen molar-refractivity contribution < 1.29 is 9.13 Å². The number of hydrogen-bond donors (Lipinski definition) is 1. The number of fused-ring (bicyclic) bond motifs is 1. The van der Waals surface area contributed by atoms with E-state index in [0.717, 1.165) is 24.8 Å². The zero-order valence-corrected chi connectivity index (χ0v) is 14.2. The normalized spacial score (nSPS) is 17.8. The first-order chi connectivity index (χ1) is 12.2. The van der Waals surface area contributed by atoms with E-state index < -0.39 is 6.08 Å². The van der Waals surface area contributed by atoms with Gasteiger partial charge in [0.05, 0.1) is 6.33 Å². The van der Waals surface area contributed by atoms with Crippen LogP contribution >= 0.6 is 11.6 Å². The van der Waals surface area contributed by atoms with E-state index in [1.807, 2.05) is 18.2 Å². The first kappa shape index (κ1) is 16.2. The van der Waals surface area contributed by atoms with Crippen LogP contribution in [0.2, 0.25) is 5.02 Å². The van der Waals surface area contributed by atoms with E-state index in [0.29, 0.717) is 35.2 Å². The summed E-state index contributed by atoms with van der Waals surface area (Å²) in [4.78, 5) is 12.1. The van der Waals surface area contributed by atoms with Gasteiger partial charge < -0.3 is 10.1 Å². The van der Waals surface area contributed by atoms with Crippen LogP contribution in [0.15, 0.2) is 30.6 Å². The van der Waals surface area contributed by atoms with Crippen LogP contribution in [0.4, 0.5) is 10.2 Å². The molecule has 3 aromatic rings. The maximum Gasteiger partial charge on any atom is 0.312 e. The molecule has 0 spiro atoms. The highest BCUT2D eigenvalue weighted by Gasteiger charge is 2.21. The standard InChI is InChI=1S/C17H17ClFN5O/c18-12-5-3-4-11(8-12)9-20-15-14-16(23-17(19)22-15)24(10-21-14)13-6-1-2-7-25-13/h3-5,8,10,13H,1-2,6-7,9H2,(H,20,22,23). The van der Waals surface area contributed by atoms with Crippen LogP contribution in [0, 0.1) is 6.08 Å². The molecular formula is C17H17ClFN5O. The van der Waals surface area contributed by atoms with Gasteiger partial charge in [0.25, 0.3) is 0 Å². The molecule has 3 heterocycles. The van der Waals surface area contributed by atoms with Gasteiger partial charge in [0, 0.05) is 18.2 Å². The zero-order chi connectivity index (χ0) is 17.2. The van der Waals surface area contributed by atoms with Crippen molar-refractivity contribution in [3.05, 3.63) is 47.3 Å². The molecule has 1 atom stereocenters. The number of imidazole rings is 1. The molecule has 130 valence electrons. The van der Waals surface area contributed by atoms with Gasteiger partial charge >= 0.3 is 6.08 Å². The van der Waals surface area contributed by atoms with Crippen LogP contribution in [-0.2, 0) is 11.3 Å². The molecule has 4 rings (SSSR count). The van der Waals surface area contributed by atoms with E-state index in [2.05, 4.69) is 20.3 Å². The molecule has 1 aliphatic rings. The van der Waals surface area contributed by atoms with Crippen molar-refractivity contribution in [2.45, 2.75) is 32.0 Å². The molecule has 1 unspecified atom stereocenters. The molecule has 1 aliphatic heterocycles. The van der Waals surface area contributed by atoms with Gasteiger partial charge in [0.2, 0.25) is 0 Å². The molecule has 1 fully saturated rings. The number of rotatable bonds is 4. The zero-order valence-electron chi connectivity index (χ0n) is 13.5. The lowest BCUT2D eigenvalue weighted by Gasteiger charge is -2.23. The monoisotopic (exact) mass is 361 g/mol. The van der Waals surface area contributed by atoms with Crippen LogP contribution in [-0.4, -0.2) is 26.1 Å². The summed E-state index contributed by atoms with van der Waals surface area (Å²) in [7, 11) is 0. The van der Waals surface area contributed by atoms with Gasteiger partial charge in [-0.15, -0.1) is 0 Å². The molecule has 0 saturated carbocycles. The van der Waals surface area contributed by atoms with Gasteiger partial charge in [-0.3, -0.25) is 4.57 Å². The Bertz CT molecular complexity index is 894. The molecule has 8 heteroatoms. The van der Waals surface area contributed by atoms with Crippen molar-refractivity contribution in [1.82, 2.24) is 19.5 Å². The number of ether oxygens (including phenoxy) is 1. The third kappa shape index (κ3) is 3.43. The number of hydrogen-bond acceptors (Lipinski definition) is 5. The van der Waals surface area contributed by atoms with Crippen LogP contribution in [0.1, 0.15) is 31.1 Å². The average Bonchev–Trinajstić information content (AvgIpc) is 3.04. The van der Waals surface area contributed by atoms with Gasteiger partial charge in [0.1, 0.15) is 6.23 Å². The molecule has 1 saturated heterocycles. The Morgan fingerprint density at radius 3 is 3.04 bits per heavy atom. The van der Waals surface area contributed by atoms with E-state index in [1.165, 1.54) is 0 Å². The lowest BCUT2D eigenvalue weighted by atomic mass is 10.2. The molecule has 0 bridgehead atoms. The summed E-state index contributed by atoms with van der Waals surface area (Å²) < 4.78 is 21.5. The second-order valence-corrected chi connectivity index (χ2v) is 6.41. The highest BCUT2D eigenvalue weighted by molar-refractivity contribution is 6.30. The Kier molecular flexibility index (Phi) is 4.50. The third-order valence-electron chi connectivity index (χ3n) is 4.21. The van der Waals surface area contributed by atoms with Crippen molar-refractivity contribution in [3.8, 4) is 0 Å². The summed E-state index contributed by atoms with van der Waals surface area (Å²) in [5, 5.41) is 3.77. The van der Waals surface area contributed by atoms with Crippen LogP contribution in [0.3, 0.4) is 0 Å². The number of nitrogens with zero attached hydrogens (tertiary/aromatic N) is 4.